The molecule has 0 aromatic carbocycles. The Labute approximate surface area is 135 Å². The number of amides is 1. The number of ether oxygens (including phenoxy) is 1. The first-order valence-electron chi connectivity index (χ1n) is 8.88. The molecule has 1 unspecified atom stereocenters. The molecule has 22 heavy (non-hydrogen) atoms. The highest BCUT2D eigenvalue weighted by Crippen LogP contribution is 2.27. The van der Waals surface area contributed by atoms with Gasteiger partial charge in [-0.25, -0.2) is 4.79 Å². The van der Waals surface area contributed by atoms with Gasteiger partial charge in [0.15, 0.2) is 0 Å². The van der Waals surface area contributed by atoms with Crippen molar-refractivity contribution in [3.8, 4) is 0 Å². The number of rotatable bonds is 9. The number of carboxylic acid groups (broad SMARTS) is 1. The van der Waals surface area contributed by atoms with Gasteiger partial charge in [-0.15, -0.1) is 0 Å². The van der Waals surface area contributed by atoms with E-state index in [9.17, 15) is 4.79 Å². The molecule has 1 N–H and O–H groups in total. The lowest BCUT2D eigenvalue weighted by Gasteiger charge is -2.37. The van der Waals surface area contributed by atoms with Gasteiger partial charge in [0.1, 0.15) is 6.23 Å². The molecule has 1 rings (SSSR count). The minimum absolute atomic E-state index is 0.153. The molecule has 1 atom stereocenters. The van der Waals surface area contributed by atoms with E-state index in [0.29, 0.717) is 0 Å². The first kappa shape index (κ1) is 19.2. The van der Waals surface area contributed by atoms with Gasteiger partial charge in [0, 0.05) is 13.1 Å². The van der Waals surface area contributed by atoms with Crippen LogP contribution in [0.2, 0.25) is 0 Å². The van der Waals surface area contributed by atoms with Crippen LogP contribution in [0, 0.1) is 0 Å². The summed E-state index contributed by atoms with van der Waals surface area (Å²) in [6, 6.07) is 0.153. The van der Waals surface area contributed by atoms with E-state index in [0.717, 1.165) is 45.2 Å². The van der Waals surface area contributed by atoms with Crippen LogP contribution in [0.15, 0.2) is 0 Å². The Bertz CT molecular complexity index is 313. The third kappa shape index (κ3) is 5.76. The average molecular weight is 314 g/mol. The van der Waals surface area contributed by atoms with Crippen molar-refractivity contribution in [2.24, 2.45) is 0 Å². The van der Waals surface area contributed by atoms with Gasteiger partial charge in [0.05, 0.1) is 6.10 Å². The molecule has 0 aromatic rings. The predicted octanol–water partition coefficient (Wildman–Crippen LogP) is 3.78. The molecule has 0 aliphatic heterocycles. The summed E-state index contributed by atoms with van der Waals surface area (Å²) in [4.78, 5) is 14.9. The quantitative estimate of drug-likeness (QED) is 0.658. The zero-order valence-electron chi connectivity index (χ0n) is 14.8. The Morgan fingerprint density at radius 3 is 2.23 bits per heavy atom. The van der Waals surface area contributed by atoms with Crippen LogP contribution >= 0.6 is 0 Å². The molecule has 5 nitrogen and oxygen atoms in total. The lowest BCUT2D eigenvalue weighted by Crippen LogP contribution is -2.43. The average Bonchev–Trinajstić information content (AvgIpc) is 2.53. The summed E-state index contributed by atoms with van der Waals surface area (Å²) in [5.41, 5.74) is 0. The molecule has 1 fully saturated rings. The summed E-state index contributed by atoms with van der Waals surface area (Å²) in [5.74, 6) is 0. The Morgan fingerprint density at radius 1 is 1.18 bits per heavy atom. The van der Waals surface area contributed by atoms with Crippen LogP contribution in [0.4, 0.5) is 4.79 Å². The Hall–Kier alpha value is -0.810. The highest BCUT2D eigenvalue weighted by molar-refractivity contribution is 5.64. The largest absolute Gasteiger partial charge is 0.465 e. The second-order valence-electron chi connectivity index (χ2n) is 6.28. The van der Waals surface area contributed by atoms with E-state index in [1.807, 2.05) is 0 Å². The van der Waals surface area contributed by atoms with E-state index in [1.54, 1.807) is 7.05 Å². The first-order valence-corrected chi connectivity index (χ1v) is 8.88. The molecular weight excluding hydrogens is 280 g/mol. The van der Waals surface area contributed by atoms with Crippen molar-refractivity contribution in [3.63, 3.8) is 0 Å². The van der Waals surface area contributed by atoms with Crippen molar-refractivity contribution in [1.82, 2.24) is 9.80 Å². The fourth-order valence-electron chi connectivity index (χ4n) is 3.29. The van der Waals surface area contributed by atoms with Crippen LogP contribution in [-0.2, 0) is 4.74 Å². The van der Waals surface area contributed by atoms with Gasteiger partial charge >= 0.3 is 6.09 Å². The molecule has 1 aliphatic rings. The second kappa shape index (κ2) is 10.1. The van der Waals surface area contributed by atoms with Crippen LogP contribution in [0.3, 0.4) is 0 Å². The van der Waals surface area contributed by atoms with Gasteiger partial charge in [-0.2, -0.15) is 0 Å². The lowest BCUT2D eigenvalue weighted by molar-refractivity contribution is -0.114. The number of hydrogen-bond acceptors (Lipinski definition) is 3. The van der Waals surface area contributed by atoms with Gasteiger partial charge in [-0.05, 0) is 51.6 Å². The maximum Gasteiger partial charge on any atom is 0.407 e. The Balaban J connectivity index is 2.48. The molecule has 0 spiro atoms. The maximum atomic E-state index is 11.0. The standard InChI is InChI=1S/C17H34N2O3/c1-5-8-9-16(19(6-2)7-3)22-15-12-10-14(11-13-15)18(4)17(20)21/h14-16H,5-13H2,1-4H3,(H,20,21). The van der Waals surface area contributed by atoms with E-state index < -0.39 is 6.09 Å². The van der Waals surface area contributed by atoms with Crippen LogP contribution in [0.5, 0.6) is 0 Å². The monoisotopic (exact) mass is 314 g/mol. The van der Waals surface area contributed by atoms with E-state index in [1.165, 1.54) is 17.7 Å². The Kier molecular flexibility index (Phi) is 8.79. The van der Waals surface area contributed by atoms with Crippen molar-refractivity contribution in [2.75, 3.05) is 20.1 Å². The summed E-state index contributed by atoms with van der Waals surface area (Å²) >= 11 is 0. The summed E-state index contributed by atoms with van der Waals surface area (Å²) in [6.45, 7) is 8.62. The highest BCUT2D eigenvalue weighted by Gasteiger charge is 2.29. The number of hydrogen-bond donors (Lipinski definition) is 1. The van der Waals surface area contributed by atoms with E-state index in [2.05, 4.69) is 25.7 Å². The molecule has 0 bridgehead atoms. The summed E-state index contributed by atoms with van der Waals surface area (Å²) < 4.78 is 6.39. The predicted molar refractivity (Wildman–Crippen MR) is 89.2 cm³/mol. The number of unbranched alkanes of at least 4 members (excludes halogenated alkanes) is 1. The van der Waals surface area contributed by atoms with Crippen LogP contribution < -0.4 is 0 Å². The topological polar surface area (TPSA) is 53.0 Å². The van der Waals surface area contributed by atoms with Crippen molar-refractivity contribution >= 4 is 6.09 Å². The lowest BCUT2D eigenvalue weighted by atomic mass is 9.92. The molecule has 0 aromatic heterocycles. The Morgan fingerprint density at radius 2 is 1.77 bits per heavy atom. The third-order valence-corrected chi connectivity index (χ3v) is 4.87. The molecule has 0 radical (unpaired) electrons. The molecule has 1 saturated carbocycles. The zero-order valence-corrected chi connectivity index (χ0v) is 14.8. The van der Waals surface area contributed by atoms with E-state index in [4.69, 9.17) is 9.84 Å². The normalized spacial score (nSPS) is 23.5. The van der Waals surface area contributed by atoms with Crippen molar-refractivity contribution in [1.29, 1.82) is 0 Å². The fourth-order valence-corrected chi connectivity index (χ4v) is 3.29. The minimum atomic E-state index is -0.826. The molecule has 0 saturated heterocycles. The SMILES string of the molecule is CCCCC(OC1CCC(N(C)C(=O)O)CC1)N(CC)CC. The number of carbonyl (C=O) groups is 1. The first-order chi connectivity index (χ1) is 10.5. The van der Waals surface area contributed by atoms with Crippen LogP contribution in [0.1, 0.15) is 65.7 Å². The summed E-state index contributed by atoms with van der Waals surface area (Å²) in [6.07, 6.45) is 6.89. The zero-order chi connectivity index (χ0) is 16.5. The third-order valence-electron chi connectivity index (χ3n) is 4.87. The van der Waals surface area contributed by atoms with Gasteiger partial charge < -0.3 is 14.7 Å². The second-order valence-corrected chi connectivity index (χ2v) is 6.28. The van der Waals surface area contributed by atoms with Gasteiger partial charge in [0.25, 0.3) is 0 Å². The van der Waals surface area contributed by atoms with Gasteiger partial charge in [-0.3, -0.25) is 4.90 Å². The molecular formula is C17H34N2O3. The van der Waals surface area contributed by atoms with Crippen LogP contribution in [0.25, 0.3) is 0 Å². The van der Waals surface area contributed by atoms with E-state index in [-0.39, 0.29) is 18.4 Å². The fraction of sp³-hybridized carbons (Fsp3) is 0.941. The summed E-state index contributed by atoms with van der Waals surface area (Å²) in [7, 11) is 1.67. The van der Waals surface area contributed by atoms with Gasteiger partial charge in [0.2, 0.25) is 0 Å². The van der Waals surface area contributed by atoms with Crippen molar-refractivity contribution in [3.05, 3.63) is 0 Å². The van der Waals surface area contributed by atoms with Crippen molar-refractivity contribution in [2.45, 2.75) is 84.1 Å². The minimum Gasteiger partial charge on any atom is -0.465 e. The van der Waals surface area contributed by atoms with Gasteiger partial charge in [-0.1, -0.05) is 27.2 Å². The number of nitrogens with zero attached hydrogens (tertiary/aromatic N) is 2. The molecule has 1 aliphatic carbocycles. The van der Waals surface area contributed by atoms with E-state index >= 15 is 0 Å². The smallest absolute Gasteiger partial charge is 0.407 e. The summed E-state index contributed by atoms with van der Waals surface area (Å²) in [5, 5.41) is 9.07. The maximum absolute atomic E-state index is 11.0. The molecule has 1 amide bonds. The molecule has 0 heterocycles. The highest BCUT2D eigenvalue weighted by atomic mass is 16.5. The van der Waals surface area contributed by atoms with Crippen molar-refractivity contribution < 1.29 is 14.6 Å². The van der Waals surface area contributed by atoms with Crippen LogP contribution in [-0.4, -0.2) is 59.5 Å². The molecule has 130 valence electrons. The molecule has 5 heteroatoms.